The second-order valence-corrected chi connectivity index (χ2v) is 5.83. The third-order valence-electron chi connectivity index (χ3n) is 2.22. The van der Waals surface area contributed by atoms with Crippen LogP contribution in [0.3, 0.4) is 0 Å². The molecule has 17 heavy (non-hydrogen) atoms. The SMILES string of the molecule is O=S(=O)(CCl)Nc1ccc(C2OCCO2)cc1. The fourth-order valence-electron chi connectivity index (χ4n) is 1.47. The Balaban J connectivity index is 2.07. The molecular formula is C10H12ClNO4S. The maximum absolute atomic E-state index is 11.2. The Kier molecular flexibility index (Phi) is 3.88. The number of sulfonamides is 1. The summed E-state index contributed by atoms with van der Waals surface area (Å²) in [7, 11) is -3.45. The van der Waals surface area contributed by atoms with Gasteiger partial charge >= 0.3 is 0 Å². The first-order valence-electron chi connectivity index (χ1n) is 5.00. The molecule has 0 radical (unpaired) electrons. The Morgan fingerprint density at radius 1 is 1.24 bits per heavy atom. The molecule has 0 aliphatic carbocycles. The second kappa shape index (κ2) is 5.22. The topological polar surface area (TPSA) is 64.6 Å². The van der Waals surface area contributed by atoms with E-state index in [9.17, 15) is 8.42 Å². The smallest absolute Gasteiger partial charge is 0.246 e. The van der Waals surface area contributed by atoms with Gasteiger partial charge in [-0.15, -0.1) is 11.6 Å². The molecule has 1 aromatic rings. The summed E-state index contributed by atoms with van der Waals surface area (Å²) in [5.74, 6) is 0. The van der Waals surface area contributed by atoms with Gasteiger partial charge in [0.2, 0.25) is 10.0 Å². The molecule has 0 unspecified atom stereocenters. The van der Waals surface area contributed by atoms with Gasteiger partial charge in [-0.3, -0.25) is 4.72 Å². The zero-order chi connectivity index (χ0) is 12.3. The largest absolute Gasteiger partial charge is 0.346 e. The summed E-state index contributed by atoms with van der Waals surface area (Å²) in [4.78, 5) is 0. The zero-order valence-corrected chi connectivity index (χ0v) is 10.5. The Morgan fingerprint density at radius 2 is 1.82 bits per heavy atom. The van der Waals surface area contributed by atoms with Crippen molar-refractivity contribution in [3.8, 4) is 0 Å². The summed E-state index contributed by atoms with van der Waals surface area (Å²) < 4.78 is 35.4. The summed E-state index contributed by atoms with van der Waals surface area (Å²) in [5.41, 5.74) is 1.32. The van der Waals surface area contributed by atoms with E-state index in [0.717, 1.165) is 5.56 Å². The van der Waals surface area contributed by atoms with Crippen LogP contribution < -0.4 is 4.72 Å². The summed E-state index contributed by atoms with van der Waals surface area (Å²) in [6.07, 6.45) is -0.353. The molecule has 0 aromatic heterocycles. The number of halogens is 1. The molecular weight excluding hydrogens is 266 g/mol. The number of alkyl halides is 1. The standard InChI is InChI=1S/C10H12ClNO4S/c11-7-17(13,14)12-9-3-1-8(2-4-9)10-15-5-6-16-10/h1-4,10,12H,5-7H2. The molecule has 1 aliphatic rings. The molecule has 1 aliphatic heterocycles. The van der Waals surface area contributed by atoms with Crippen molar-refractivity contribution in [2.24, 2.45) is 0 Å². The van der Waals surface area contributed by atoms with Crippen LogP contribution in [0.1, 0.15) is 11.9 Å². The van der Waals surface area contributed by atoms with Gasteiger partial charge in [-0.25, -0.2) is 8.42 Å². The predicted octanol–water partition coefficient (Wildman–Crippen LogP) is 1.67. The summed E-state index contributed by atoms with van der Waals surface area (Å²) in [5, 5.41) is -0.469. The van der Waals surface area contributed by atoms with Gasteiger partial charge in [-0.05, 0) is 12.1 Å². The summed E-state index contributed by atoms with van der Waals surface area (Å²) in [6.45, 7) is 1.15. The lowest BCUT2D eigenvalue weighted by Crippen LogP contribution is -2.13. The minimum Gasteiger partial charge on any atom is -0.346 e. The van der Waals surface area contributed by atoms with Crippen molar-refractivity contribution in [2.75, 3.05) is 23.1 Å². The van der Waals surface area contributed by atoms with E-state index >= 15 is 0 Å². The molecule has 0 amide bonds. The molecule has 0 spiro atoms. The van der Waals surface area contributed by atoms with Crippen LogP contribution >= 0.6 is 11.6 Å². The first-order chi connectivity index (χ1) is 8.11. The first kappa shape index (κ1) is 12.6. The van der Waals surface area contributed by atoms with Gasteiger partial charge in [0.25, 0.3) is 0 Å². The van der Waals surface area contributed by atoms with E-state index < -0.39 is 15.2 Å². The van der Waals surface area contributed by atoms with E-state index in [0.29, 0.717) is 18.9 Å². The lowest BCUT2D eigenvalue weighted by atomic mass is 10.2. The van der Waals surface area contributed by atoms with Crippen LogP contribution in [0.5, 0.6) is 0 Å². The average molecular weight is 278 g/mol. The quantitative estimate of drug-likeness (QED) is 0.851. The van der Waals surface area contributed by atoms with Crippen molar-refractivity contribution in [1.82, 2.24) is 0 Å². The molecule has 5 nitrogen and oxygen atoms in total. The number of anilines is 1. The van der Waals surface area contributed by atoms with Gasteiger partial charge < -0.3 is 9.47 Å². The maximum atomic E-state index is 11.2. The van der Waals surface area contributed by atoms with Gasteiger partial charge in [-0.2, -0.15) is 0 Å². The van der Waals surface area contributed by atoms with E-state index in [-0.39, 0.29) is 6.29 Å². The normalized spacial score (nSPS) is 17.2. The number of nitrogens with one attached hydrogen (secondary N) is 1. The molecule has 1 heterocycles. The zero-order valence-electron chi connectivity index (χ0n) is 8.93. The van der Waals surface area contributed by atoms with Crippen LogP contribution in [0.2, 0.25) is 0 Å². The highest BCUT2D eigenvalue weighted by Crippen LogP contribution is 2.24. The third kappa shape index (κ3) is 3.32. The number of hydrogen-bond donors (Lipinski definition) is 1. The predicted molar refractivity (Wildman–Crippen MR) is 64.3 cm³/mol. The molecule has 7 heteroatoms. The van der Waals surface area contributed by atoms with E-state index in [2.05, 4.69) is 4.72 Å². The van der Waals surface area contributed by atoms with Crippen molar-refractivity contribution < 1.29 is 17.9 Å². The number of rotatable bonds is 4. The maximum Gasteiger partial charge on any atom is 0.246 e. The summed E-state index contributed by atoms with van der Waals surface area (Å²) in [6, 6.07) is 6.79. The number of benzene rings is 1. The minimum absolute atomic E-state index is 0.353. The van der Waals surface area contributed by atoms with Gasteiger partial charge in [-0.1, -0.05) is 12.1 Å². The van der Waals surface area contributed by atoms with Crippen molar-refractivity contribution in [1.29, 1.82) is 0 Å². The Bertz CT molecular complexity index is 468. The minimum atomic E-state index is -3.45. The average Bonchev–Trinajstić information content (AvgIpc) is 2.83. The Morgan fingerprint density at radius 3 is 2.35 bits per heavy atom. The lowest BCUT2D eigenvalue weighted by molar-refractivity contribution is -0.0441. The van der Waals surface area contributed by atoms with E-state index in [1.165, 1.54) is 0 Å². The Labute approximate surface area is 105 Å². The molecule has 1 saturated heterocycles. The fourth-order valence-corrected chi connectivity index (χ4v) is 2.18. The molecule has 1 fully saturated rings. The summed E-state index contributed by atoms with van der Waals surface area (Å²) >= 11 is 5.29. The van der Waals surface area contributed by atoms with Crippen LogP contribution in [0.4, 0.5) is 5.69 Å². The highest BCUT2D eigenvalue weighted by Gasteiger charge is 2.18. The number of ether oxygens (including phenoxy) is 2. The van der Waals surface area contributed by atoms with Crippen molar-refractivity contribution in [3.63, 3.8) is 0 Å². The lowest BCUT2D eigenvalue weighted by Gasteiger charge is -2.10. The van der Waals surface area contributed by atoms with Crippen LogP contribution in [0, 0.1) is 0 Å². The molecule has 2 rings (SSSR count). The molecule has 94 valence electrons. The van der Waals surface area contributed by atoms with Crippen LogP contribution in [0.25, 0.3) is 0 Å². The van der Waals surface area contributed by atoms with Gasteiger partial charge in [0.1, 0.15) is 5.21 Å². The van der Waals surface area contributed by atoms with Crippen molar-refractivity contribution in [3.05, 3.63) is 29.8 Å². The Hall–Kier alpha value is -0.820. The van der Waals surface area contributed by atoms with E-state index in [1.54, 1.807) is 24.3 Å². The van der Waals surface area contributed by atoms with Crippen LogP contribution in [0.15, 0.2) is 24.3 Å². The molecule has 1 N–H and O–H groups in total. The van der Waals surface area contributed by atoms with Crippen LogP contribution in [-0.2, 0) is 19.5 Å². The molecule has 0 saturated carbocycles. The number of hydrogen-bond acceptors (Lipinski definition) is 4. The van der Waals surface area contributed by atoms with Crippen molar-refractivity contribution >= 4 is 27.3 Å². The van der Waals surface area contributed by atoms with Gasteiger partial charge in [0.05, 0.1) is 13.2 Å². The molecule has 0 atom stereocenters. The van der Waals surface area contributed by atoms with E-state index in [4.69, 9.17) is 21.1 Å². The molecule has 0 bridgehead atoms. The molecule has 1 aromatic carbocycles. The monoisotopic (exact) mass is 277 g/mol. The van der Waals surface area contributed by atoms with Gasteiger partial charge in [0, 0.05) is 11.3 Å². The van der Waals surface area contributed by atoms with Crippen LogP contribution in [-0.4, -0.2) is 26.8 Å². The van der Waals surface area contributed by atoms with Crippen molar-refractivity contribution in [2.45, 2.75) is 6.29 Å². The first-order valence-corrected chi connectivity index (χ1v) is 7.19. The third-order valence-corrected chi connectivity index (χ3v) is 3.92. The van der Waals surface area contributed by atoms with Gasteiger partial charge in [0.15, 0.2) is 6.29 Å². The fraction of sp³-hybridized carbons (Fsp3) is 0.400. The van der Waals surface area contributed by atoms with E-state index in [1.807, 2.05) is 0 Å². The highest BCUT2D eigenvalue weighted by atomic mass is 35.5. The highest BCUT2D eigenvalue weighted by molar-refractivity contribution is 7.93. The second-order valence-electron chi connectivity index (χ2n) is 3.52.